The summed E-state index contributed by atoms with van der Waals surface area (Å²) in [6, 6.07) is 0.536. The third kappa shape index (κ3) is 3.37. The van der Waals surface area contributed by atoms with Gasteiger partial charge in [-0.1, -0.05) is 6.92 Å². The summed E-state index contributed by atoms with van der Waals surface area (Å²) < 4.78 is 0. The molecule has 2 unspecified atom stereocenters. The van der Waals surface area contributed by atoms with E-state index in [-0.39, 0.29) is 11.6 Å². The lowest BCUT2D eigenvalue weighted by Crippen LogP contribution is -2.48. The van der Waals surface area contributed by atoms with E-state index in [1.807, 2.05) is 25.7 Å². The summed E-state index contributed by atoms with van der Waals surface area (Å²) in [4.78, 5) is 16.1. The maximum atomic E-state index is 12.0. The van der Waals surface area contributed by atoms with Crippen molar-refractivity contribution < 1.29 is 4.79 Å². The number of hydrogen-bond donors (Lipinski definition) is 1. The fourth-order valence-electron chi connectivity index (χ4n) is 2.19. The number of carbonyl (C=O) groups excluding carboxylic acids is 1. The van der Waals surface area contributed by atoms with Crippen molar-refractivity contribution in [1.29, 1.82) is 0 Å². The van der Waals surface area contributed by atoms with E-state index < -0.39 is 0 Å². The number of likely N-dealkylation sites (N-methyl/N-ethyl adjacent to an activating group) is 1. The second kappa shape index (κ2) is 4.62. The minimum absolute atomic E-state index is 0.0590. The van der Waals surface area contributed by atoms with E-state index in [2.05, 4.69) is 31.2 Å². The van der Waals surface area contributed by atoms with Crippen LogP contribution in [0.5, 0.6) is 0 Å². The molecule has 1 aliphatic heterocycles. The Morgan fingerprint density at radius 2 is 1.88 bits per heavy atom. The molecule has 0 aliphatic carbocycles. The molecule has 0 aromatic rings. The van der Waals surface area contributed by atoms with Gasteiger partial charge in [0, 0.05) is 24.7 Å². The first-order chi connectivity index (χ1) is 7.20. The molecule has 0 radical (unpaired) electrons. The van der Waals surface area contributed by atoms with Crippen LogP contribution < -0.4 is 5.32 Å². The number of carbonyl (C=O) groups is 1. The Bertz CT molecular complexity index is 257. The molecule has 4 nitrogen and oxygen atoms in total. The summed E-state index contributed by atoms with van der Waals surface area (Å²) in [5.41, 5.74) is -0.156. The summed E-state index contributed by atoms with van der Waals surface area (Å²) in [7, 11) is 4.15. The molecule has 0 aromatic carbocycles. The Hall–Kier alpha value is -0.770. The van der Waals surface area contributed by atoms with Gasteiger partial charge in [-0.3, -0.25) is 0 Å². The molecule has 0 bridgehead atoms. The largest absolute Gasteiger partial charge is 0.333 e. The quantitative estimate of drug-likeness (QED) is 0.734. The van der Waals surface area contributed by atoms with E-state index in [9.17, 15) is 4.79 Å². The van der Waals surface area contributed by atoms with Crippen LogP contribution in [-0.2, 0) is 0 Å². The summed E-state index contributed by atoms with van der Waals surface area (Å²) in [6.07, 6.45) is 0. The van der Waals surface area contributed by atoms with Crippen LogP contribution in [0.2, 0.25) is 0 Å². The molecule has 4 heteroatoms. The summed E-state index contributed by atoms with van der Waals surface area (Å²) in [5, 5.41) is 3.01. The number of amides is 2. The molecule has 0 aromatic heterocycles. The van der Waals surface area contributed by atoms with Crippen molar-refractivity contribution in [1.82, 2.24) is 15.1 Å². The van der Waals surface area contributed by atoms with Crippen molar-refractivity contribution in [3.05, 3.63) is 0 Å². The molecule has 1 heterocycles. The van der Waals surface area contributed by atoms with Gasteiger partial charge in [0.1, 0.15) is 0 Å². The van der Waals surface area contributed by atoms with E-state index >= 15 is 0 Å². The molecule has 0 spiro atoms. The van der Waals surface area contributed by atoms with Gasteiger partial charge in [0.25, 0.3) is 0 Å². The predicted octanol–water partition coefficient (Wildman–Crippen LogP) is 1.38. The van der Waals surface area contributed by atoms with Gasteiger partial charge >= 0.3 is 6.03 Å². The standard InChI is InChI=1S/C12H25N3O/c1-9-7-15(8-10(9)14(5)6)11(16)13-12(2,3)4/h9-10H,7-8H2,1-6H3,(H,13,16). The SMILES string of the molecule is CC1CN(C(=O)NC(C)(C)C)CC1N(C)C. The van der Waals surface area contributed by atoms with Crippen molar-refractivity contribution in [3.63, 3.8) is 0 Å². The van der Waals surface area contributed by atoms with Crippen molar-refractivity contribution in [3.8, 4) is 0 Å². The molecule has 94 valence electrons. The second-order valence-electron chi connectivity index (χ2n) is 6.09. The molecule has 1 aliphatic rings. The maximum Gasteiger partial charge on any atom is 0.317 e. The third-order valence-electron chi connectivity index (χ3n) is 3.01. The van der Waals surface area contributed by atoms with E-state index in [4.69, 9.17) is 0 Å². The van der Waals surface area contributed by atoms with Crippen LogP contribution >= 0.6 is 0 Å². The zero-order chi connectivity index (χ0) is 12.5. The summed E-state index contributed by atoms with van der Waals surface area (Å²) >= 11 is 0. The van der Waals surface area contributed by atoms with Crippen LogP contribution in [0.4, 0.5) is 4.79 Å². The zero-order valence-electron chi connectivity index (χ0n) is 11.4. The van der Waals surface area contributed by atoms with Gasteiger partial charge < -0.3 is 15.1 Å². The Balaban J connectivity index is 2.55. The molecule has 0 saturated carbocycles. The van der Waals surface area contributed by atoms with E-state index in [1.165, 1.54) is 0 Å². The van der Waals surface area contributed by atoms with Gasteiger partial charge in [-0.05, 0) is 40.8 Å². The maximum absolute atomic E-state index is 12.0. The molecular formula is C12H25N3O. The highest BCUT2D eigenvalue weighted by Gasteiger charge is 2.34. The third-order valence-corrected chi connectivity index (χ3v) is 3.01. The van der Waals surface area contributed by atoms with Crippen LogP contribution in [-0.4, -0.2) is 54.6 Å². The Morgan fingerprint density at radius 3 is 2.25 bits per heavy atom. The average Bonchev–Trinajstić information content (AvgIpc) is 2.44. The molecule has 1 saturated heterocycles. The molecule has 2 atom stereocenters. The van der Waals surface area contributed by atoms with Gasteiger partial charge in [0.2, 0.25) is 0 Å². The first-order valence-electron chi connectivity index (χ1n) is 5.94. The number of likely N-dealkylation sites (tertiary alicyclic amines) is 1. The number of nitrogens with zero attached hydrogens (tertiary/aromatic N) is 2. The highest BCUT2D eigenvalue weighted by atomic mass is 16.2. The van der Waals surface area contributed by atoms with Gasteiger partial charge in [0.15, 0.2) is 0 Å². The van der Waals surface area contributed by atoms with Crippen LogP contribution in [0.3, 0.4) is 0 Å². The Labute approximate surface area is 99.0 Å². The minimum atomic E-state index is -0.156. The van der Waals surface area contributed by atoms with Crippen LogP contribution in [0.25, 0.3) is 0 Å². The molecule has 1 rings (SSSR count). The first kappa shape index (κ1) is 13.3. The fourth-order valence-corrected chi connectivity index (χ4v) is 2.19. The monoisotopic (exact) mass is 227 g/mol. The molecule has 1 N–H and O–H groups in total. The van der Waals surface area contributed by atoms with Crippen molar-refractivity contribution in [2.24, 2.45) is 5.92 Å². The number of hydrogen-bond acceptors (Lipinski definition) is 2. The molecule has 2 amide bonds. The highest BCUT2D eigenvalue weighted by Crippen LogP contribution is 2.20. The summed E-state index contributed by atoms with van der Waals surface area (Å²) in [6.45, 7) is 9.91. The van der Waals surface area contributed by atoms with Crippen molar-refractivity contribution in [2.75, 3.05) is 27.2 Å². The fraction of sp³-hybridized carbons (Fsp3) is 0.917. The Kier molecular flexibility index (Phi) is 3.84. The van der Waals surface area contributed by atoms with Crippen molar-refractivity contribution in [2.45, 2.75) is 39.3 Å². The average molecular weight is 227 g/mol. The van der Waals surface area contributed by atoms with Gasteiger partial charge in [0.05, 0.1) is 0 Å². The lowest BCUT2D eigenvalue weighted by molar-refractivity contribution is 0.194. The normalized spacial score (nSPS) is 26.3. The number of urea groups is 1. The predicted molar refractivity (Wildman–Crippen MR) is 66.5 cm³/mol. The van der Waals surface area contributed by atoms with E-state index in [1.54, 1.807) is 0 Å². The van der Waals surface area contributed by atoms with Gasteiger partial charge in [-0.2, -0.15) is 0 Å². The van der Waals surface area contributed by atoms with Crippen molar-refractivity contribution >= 4 is 6.03 Å². The lowest BCUT2D eigenvalue weighted by atomic mass is 10.1. The molecule has 1 fully saturated rings. The van der Waals surface area contributed by atoms with Crippen LogP contribution in [0.1, 0.15) is 27.7 Å². The zero-order valence-corrected chi connectivity index (χ0v) is 11.4. The topological polar surface area (TPSA) is 35.6 Å². The van der Waals surface area contributed by atoms with E-state index in [0.29, 0.717) is 12.0 Å². The molecular weight excluding hydrogens is 202 g/mol. The minimum Gasteiger partial charge on any atom is -0.333 e. The van der Waals surface area contributed by atoms with Gasteiger partial charge in [-0.25, -0.2) is 4.79 Å². The van der Waals surface area contributed by atoms with E-state index in [0.717, 1.165) is 13.1 Å². The highest BCUT2D eigenvalue weighted by molar-refractivity contribution is 5.75. The van der Waals surface area contributed by atoms with Gasteiger partial charge in [-0.15, -0.1) is 0 Å². The lowest BCUT2D eigenvalue weighted by Gasteiger charge is -2.26. The first-order valence-corrected chi connectivity index (χ1v) is 5.94. The Morgan fingerprint density at radius 1 is 1.31 bits per heavy atom. The van der Waals surface area contributed by atoms with Crippen LogP contribution in [0.15, 0.2) is 0 Å². The second-order valence-corrected chi connectivity index (χ2v) is 6.09. The summed E-state index contributed by atoms with van der Waals surface area (Å²) in [5.74, 6) is 0.542. The molecule has 16 heavy (non-hydrogen) atoms. The van der Waals surface area contributed by atoms with Crippen LogP contribution in [0, 0.1) is 5.92 Å². The number of nitrogens with one attached hydrogen (secondary N) is 1. The smallest absolute Gasteiger partial charge is 0.317 e. The number of rotatable bonds is 1.